The lowest BCUT2D eigenvalue weighted by Gasteiger charge is -2.22. The van der Waals surface area contributed by atoms with Crippen LogP contribution in [0.2, 0.25) is 0 Å². The van der Waals surface area contributed by atoms with Crippen molar-refractivity contribution in [3.63, 3.8) is 0 Å². The maximum absolute atomic E-state index is 12.9. The summed E-state index contributed by atoms with van der Waals surface area (Å²) in [5.41, 5.74) is 1.19. The third-order valence-electron chi connectivity index (χ3n) is 4.71. The molecule has 0 atom stereocenters. The van der Waals surface area contributed by atoms with Crippen LogP contribution in [0, 0.1) is 0 Å². The molecule has 3 amide bonds. The number of aryl methyl sites for hydroxylation is 1. The maximum Gasteiger partial charge on any atom is 0.322 e. The smallest absolute Gasteiger partial charge is 0.322 e. The van der Waals surface area contributed by atoms with Crippen LogP contribution in [0.5, 0.6) is 11.5 Å². The summed E-state index contributed by atoms with van der Waals surface area (Å²) in [5.74, 6) is 1.28. The van der Waals surface area contributed by atoms with E-state index in [1.165, 1.54) is 26.2 Å². The molecule has 0 saturated carbocycles. The number of urea groups is 1. The number of aromatic nitrogens is 2. The van der Waals surface area contributed by atoms with E-state index in [9.17, 15) is 9.59 Å². The number of rotatable bonds is 9. The van der Waals surface area contributed by atoms with E-state index in [1.54, 1.807) is 29.9 Å². The van der Waals surface area contributed by atoms with Gasteiger partial charge < -0.3 is 29.7 Å². The normalized spacial score (nSPS) is 11.1. The Morgan fingerprint density at radius 2 is 1.66 bits per heavy atom. The molecular formula is C22H33N5O5. The number of methoxy groups -OCH3 is 3. The van der Waals surface area contributed by atoms with Gasteiger partial charge in [-0.3, -0.25) is 9.48 Å². The molecule has 176 valence electrons. The van der Waals surface area contributed by atoms with Crippen LogP contribution in [0.1, 0.15) is 26.5 Å². The van der Waals surface area contributed by atoms with Gasteiger partial charge >= 0.3 is 6.03 Å². The number of nitrogens with zero attached hydrogens (tertiary/aromatic N) is 3. The minimum absolute atomic E-state index is 0.150. The second-order valence-electron chi connectivity index (χ2n) is 8.28. The lowest BCUT2D eigenvalue weighted by Crippen LogP contribution is -2.42. The van der Waals surface area contributed by atoms with Crippen molar-refractivity contribution in [2.24, 2.45) is 7.05 Å². The Morgan fingerprint density at radius 3 is 2.16 bits per heavy atom. The first-order chi connectivity index (χ1) is 15.1. The van der Waals surface area contributed by atoms with Gasteiger partial charge in [-0.05, 0) is 0 Å². The zero-order valence-corrected chi connectivity index (χ0v) is 19.8. The summed E-state index contributed by atoms with van der Waals surface area (Å²) in [5, 5.41) is 10.1. The van der Waals surface area contributed by atoms with Crippen molar-refractivity contribution in [2.75, 3.05) is 51.7 Å². The van der Waals surface area contributed by atoms with E-state index in [1.807, 2.05) is 26.8 Å². The minimum atomic E-state index is -0.451. The van der Waals surface area contributed by atoms with E-state index >= 15 is 0 Å². The lowest BCUT2D eigenvalue weighted by atomic mass is 9.92. The van der Waals surface area contributed by atoms with Crippen molar-refractivity contribution in [3.05, 3.63) is 30.0 Å². The molecule has 2 N–H and O–H groups in total. The van der Waals surface area contributed by atoms with Crippen molar-refractivity contribution in [1.82, 2.24) is 14.7 Å². The molecule has 0 aliphatic carbocycles. The number of hydrogen-bond donors (Lipinski definition) is 2. The number of carbonyl (C=O) groups excluding carboxylic acids is 2. The van der Waals surface area contributed by atoms with Gasteiger partial charge in [0.2, 0.25) is 5.91 Å². The largest absolute Gasteiger partial charge is 0.497 e. The molecule has 0 radical (unpaired) electrons. The number of anilines is 2. The van der Waals surface area contributed by atoms with Crippen LogP contribution in [-0.2, 0) is 22.0 Å². The molecule has 10 heteroatoms. The number of ether oxygens (including phenoxy) is 3. The third-order valence-corrected chi connectivity index (χ3v) is 4.71. The Hall–Kier alpha value is -3.27. The summed E-state index contributed by atoms with van der Waals surface area (Å²) in [7, 11) is 6.35. The summed E-state index contributed by atoms with van der Waals surface area (Å²) in [4.78, 5) is 27.0. The summed E-state index contributed by atoms with van der Waals surface area (Å²) in [6.45, 7) is 6.49. The summed E-state index contributed by atoms with van der Waals surface area (Å²) < 4.78 is 17.2. The van der Waals surface area contributed by atoms with Gasteiger partial charge in [-0.2, -0.15) is 5.10 Å². The van der Waals surface area contributed by atoms with Crippen LogP contribution >= 0.6 is 0 Å². The van der Waals surface area contributed by atoms with Gasteiger partial charge in [0.1, 0.15) is 23.9 Å². The Labute approximate surface area is 188 Å². The quantitative estimate of drug-likeness (QED) is 0.612. The zero-order valence-electron chi connectivity index (χ0n) is 19.8. The standard InChI is InChI=1S/C22H33N5O5/c1-22(2,3)18-13-19(26(4)25-18)24-20(28)14-27(8-9-30-5)21(29)23-15-10-16(31-6)12-17(11-15)32-7/h10-13H,8-9,14H2,1-7H3,(H,23,29)(H,24,28). The van der Waals surface area contributed by atoms with Gasteiger partial charge in [0, 0.05) is 56.1 Å². The predicted octanol–water partition coefficient (Wildman–Crippen LogP) is 2.85. The predicted molar refractivity (Wildman–Crippen MR) is 123 cm³/mol. The van der Waals surface area contributed by atoms with E-state index in [0.717, 1.165) is 5.69 Å². The van der Waals surface area contributed by atoms with Gasteiger partial charge in [-0.15, -0.1) is 0 Å². The van der Waals surface area contributed by atoms with Crippen LogP contribution in [0.15, 0.2) is 24.3 Å². The van der Waals surface area contributed by atoms with Crippen molar-refractivity contribution in [2.45, 2.75) is 26.2 Å². The number of hydrogen-bond acceptors (Lipinski definition) is 6. The zero-order chi connectivity index (χ0) is 23.9. The SMILES string of the molecule is COCCN(CC(=O)Nc1cc(C(C)(C)C)nn1C)C(=O)Nc1cc(OC)cc(OC)c1. The fraction of sp³-hybridized carbons (Fsp3) is 0.500. The molecule has 0 saturated heterocycles. The first-order valence-corrected chi connectivity index (χ1v) is 10.2. The molecule has 1 aromatic carbocycles. The summed E-state index contributed by atoms with van der Waals surface area (Å²) in [6.07, 6.45) is 0. The lowest BCUT2D eigenvalue weighted by molar-refractivity contribution is -0.116. The molecule has 2 rings (SSSR count). The van der Waals surface area contributed by atoms with Crippen molar-refractivity contribution in [1.29, 1.82) is 0 Å². The molecule has 1 heterocycles. The summed E-state index contributed by atoms with van der Waals surface area (Å²) >= 11 is 0. The van der Waals surface area contributed by atoms with Crippen LogP contribution in [0.4, 0.5) is 16.3 Å². The molecule has 0 aliphatic rings. The molecule has 2 aromatic rings. The van der Waals surface area contributed by atoms with Crippen LogP contribution in [0.25, 0.3) is 0 Å². The van der Waals surface area contributed by atoms with Crippen LogP contribution in [0.3, 0.4) is 0 Å². The molecule has 1 aromatic heterocycles. The maximum atomic E-state index is 12.9. The molecule has 0 unspecified atom stereocenters. The Bertz CT molecular complexity index is 913. The average Bonchev–Trinajstić information content (AvgIpc) is 3.11. The molecule has 32 heavy (non-hydrogen) atoms. The highest BCUT2D eigenvalue weighted by Gasteiger charge is 2.22. The first-order valence-electron chi connectivity index (χ1n) is 10.2. The number of amides is 3. The summed E-state index contributed by atoms with van der Waals surface area (Å²) in [6, 6.07) is 6.41. The molecular weight excluding hydrogens is 414 g/mol. The molecule has 0 aliphatic heterocycles. The van der Waals surface area contributed by atoms with Crippen molar-refractivity contribution in [3.8, 4) is 11.5 Å². The van der Waals surface area contributed by atoms with Crippen LogP contribution in [-0.4, -0.2) is 67.6 Å². The van der Waals surface area contributed by atoms with E-state index < -0.39 is 6.03 Å². The number of benzene rings is 1. The van der Waals surface area contributed by atoms with Crippen molar-refractivity contribution >= 4 is 23.4 Å². The highest BCUT2D eigenvalue weighted by Crippen LogP contribution is 2.26. The highest BCUT2D eigenvalue weighted by molar-refractivity contribution is 5.96. The molecule has 0 spiro atoms. The Morgan fingerprint density at radius 1 is 1.03 bits per heavy atom. The van der Waals surface area contributed by atoms with Crippen molar-refractivity contribution < 1.29 is 23.8 Å². The molecule has 0 fully saturated rings. The fourth-order valence-electron chi connectivity index (χ4n) is 2.84. The second-order valence-corrected chi connectivity index (χ2v) is 8.28. The van der Waals surface area contributed by atoms with Gasteiger partial charge in [0.25, 0.3) is 0 Å². The van der Waals surface area contributed by atoms with E-state index in [2.05, 4.69) is 15.7 Å². The van der Waals surface area contributed by atoms with E-state index in [-0.39, 0.29) is 31.0 Å². The van der Waals surface area contributed by atoms with Crippen LogP contribution < -0.4 is 20.1 Å². The minimum Gasteiger partial charge on any atom is -0.497 e. The molecule has 0 bridgehead atoms. The van der Waals surface area contributed by atoms with Gasteiger partial charge in [-0.25, -0.2) is 4.79 Å². The third kappa shape index (κ3) is 6.88. The van der Waals surface area contributed by atoms with E-state index in [0.29, 0.717) is 23.0 Å². The van der Waals surface area contributed by atoms with Gasteiger partial charge in [0.05, 0.1) is 26.5 Å². The number of nitrogens with one attached hydrogen (secondary N) is 2. The first kappa shape index (κ1) is 25.0. The highest BCUT2D eigenvalue weighted by atomic mass is 16.5. The van der Waals surface area contributed by atoms with Gasteiger partial charge in [-0.1, -0.05) is 20.8 Å². The second kappa shape index (κ2) is 10.9. The Balaban J connectivity index is 2.11. The topological polar surface area (TPSA) is 107 Å². The van der Waals surface area contributed by atoms with E-state index in [4.69, 9.17) is 14.2 Å². The molecule has 10 nitrogen and oxygen atoms in total. The fourth-order valence-corrected chi connectivity index (χ4v) is 2.84. The van der Waals surface area contributed by atoms with Gasteiger partial charge in [0.15, 0.2) is 0 Å². The monoisotopic (exact) mass is 447 g/mol. The number of carbonyl (C=O) groups is 2. The average molecular weight is 448 g/mol. The Kier molecular flexibility index (Phi) is 8.48.